The summed E-state index contributed by atoms with van der Waals surface area (Å²) in [5.41, 5.74) is 5.29. The molecule has 0 unspecified atom stereocenters. The Morgan fingerprint density at radius 2 is 1.96 bits per heavy atom. The minimum Gasteiger partial charge on any atom is -0.466 e. The highest BCUT2D eigenvalue weighted by molar-refractivity contribution is 7.23. The van der Waals surface area contributed by atoms with E-state index in [4.69, 9.17) is 16.0 Å². The number of amides is 2. The first-order valence-corrected chi connectivity index (χ1v) is 8.90. The summed E-state index contributed by atoms with van der Waals surface area (Å²) in [5, 5.41) is 2.32. The first-order valence-electron chi connectivity index (χ1n) is 6.83. The molecule has 0 radical (unpaired) electrons. The molecule has 0 fully saturated rings. The van der Waals surface area contributed by atoms with Gasteiger partial charge in [0.1, 0.15) is 22.2 Å². The van der Waals surface area contributed by atoms with Gasteiger partial charge in [-0.3, -0.25) is 20.4 Å². The molecule has 3 heterocycles. The normalized spacial score (nSPS) is 10.6. The quantitative estimate of drug-likeness (QED) is 0.675. The van der Waals surface area contributed by atoms with Gasteiger partial charge < -0.3 is 4.42 Å². The predicted octanol–water partition coefficient (Wildman–Crippen LogP) is 3.81. The van der Waals surface area contributed by atoms with Gasteiger partial charge in [-0.05, 0) is 32.0 Å². The number of furan rings is 1. The van der Waals surface area contributed by atoms with Crippen molar-refractivity contribution in [2.45, 2.75) is 13.8 Å². The maximum atomic E-state index is 12.1. The Morgan fingerprint density at radius 1 is 1.21 bits per heavy atom. The van der Waals surface area contributed by atoms with Crippen LogP contribution >= 0.6 is 34.3 Å². The van der Waals surface area contributed by atoms with Crippen LogP contribution in [0.2, 0.25) is 4.34 Å². The van der Waals surface area contributed by atoms with Gasteiger partial charge in [0.05, 0.1) is 14.8 Å². The van der Waals surface area contributed by atoms with Crippen LogP contribution in [0.15, 0.2) is 28.0 Å². The van der Waals surface area contributed by atoms with E-state index in [0.29, 0.717) is 26.4 Å². The van der Waals surface area contributed by atoms with Gasteiger partial charge in [-0.2, -0.15) is 0 Å². The summed E-state index contributed by atoms with van der Waals surface area (Å²) >= 11 is 8.62. The zero-order valence-electron chi connectivity index (χ0n) is 12.7. The number of hydrogen-bond donors (Lipinski definition) is 2. The number of carbonyl (C=O) groups excluding carboxylic acids is 2. The number of nitrogens with one attached hydrogen (secondary N) is 2. The van der Waals surface area contributed by atoms with Crippen molar-refractivity contribution in [3.8, 4) is 9.88 Å². The molecule has 6 nitrogen and oxygen atoms in total. The third-order valence-electron chi connectivity index (χ3n) is 3.10. The largest absolute Gasteiger partial charge is 0.466 e. The van der Waals surface area contributed by atoms with Gasteiger partial charge in [0.2, 0.25) is 0 Å². The number of carbonyl (C=O) groups is 2. The van der Waals surface area contributed by atoms with Crippen molar-refractivity contribution in [3.05, 3.63) is 50.7 Å². The Morgan fingerprint density at radius 3 is 2.58 bits per heavy atom. The van der Waals surface area contributed by atoms with E-state index in [0.717, 1.165) is 4.88 Å². The van der Waals surface area contributed by atoms with E-state index in [1.54, 1.807) is 31.4 Å². The van der Waals surface area contributed by atoms with Crippen molar-refractivity contribution < 1.29 is 14.0 Å². The van der Waals surface area contributed by atoms with Gasteiger partial charge in [-0.25, -0.2) is 4.98 Å². The van der Waals surface area contributed by atoms with E-state index in [2.05, 4.69) is 15.8 Å². The predicted molar refractivity (Wildman–Crippen MR) is 93.6 cm³/mol. The van der Waals surface area contributed by atoms with E-state index in [1.807, 2.05) is 6.07 Å². The van der Waals surface area contributed by atoms with Crippen molar-refractivity contribution in [1.29, 1.82) is 0 Å². The number of thiazole rings is 1. The van der Waals surface area contributed by atoms with Gasteiger partial charge in [-0.15, -0.1) is 22.7 Å². The molecule has 0 atom stereocenters. The average molecular weight is 382 g/mol. The summed E-state index contributed by atoms with van der Waals surface area (Å²) < 4.78 is 5.94. The highest BCUT2D eigenvalue weighted by Gasteiger charge is 2.16. The highest BCUT2D eigenvalue weighted by Crippen LogP contribution is 2.32. The van der Waals surface area contributed by atoms with Gasteiger partial charge in [-0.1, -0.05) is 11.6 Å². The fourth-order valence-corrected chi connectivity index (χ4v) is 3.94. The number of halogens is 1. The number of aryl methyl sites for hydroxylation is 2. The van der Waals surface area contributed by atoms with Crippen LogP contribution in [0, 0.1) is 13.8 Å². The van der Waals surface area contributed by atoms with Crippen LogP contribution in [-0.4, -0.2) is 16.8 Å². The second-order valence-electron chi connectivity index (χ2n) is 4.88. The molecule has 3 aromatic heterocycles. The Kier molecular flexibility index (Phi) is 4.70. The van der Waals surface area contributed by atoms with E-state index >= 15 is 0 Å². The van der Waals surface area contributed by atoms with Crippen LogP contribution in [0.5, 0.6) is 0 Å². The number of aromatic nitrogens is 1. The lowest BCUT2D eigenvalue weighted by Gasteiger charge is -2.04. The number of rotatable bonds is 3. The van der Waals surface area contributed by atoms with Crippen molar-refractivity contribution in [2.24, 2.45) is 0 Å². The first-order chi connectivity index (χ1) is 11.4. The molecular weight excluding hydrogens is 370 g/mol. The van der Waals surface area contributed by atoms with Crippen LogP contribution in [0.25, 0.3) is 9.88 Å². The molecular formula is C15H12ClN3O3S2. The molecule has 3 aromatic rings. The molecule has 124 valence electrons. The molecule has 0 bridgehead atoms. The number of hydrazine groups is 1. The molecule has 0 aliphatic carbocycles. The zero-order valence-corrected chi connectivity index (χ0v) is 15.1. The molecule has 0 spiro atoms. The fraction of sp³-hybridized carbons (Fsp3) is 0.133. The van der Waals surface area contributed by atoms with E-state index < -0.39 is 11.8 Å². The van der Waals surface area contributed by atoms with Crippen LogP contribution in [0.4, 0.5) is 0 Å². The third kappa shape index (κ3) is 3.50. The average Bonchev–Trinajstić information content (AvgIpc) is 3.24. The molecule has 2 N–H and O–H groups in total. The summed E-state index contributed by atoms with van der Waals surface area (Å²) in [4.78, 5) is 29.3. The summed E-state index contributed by atoms with van der Waals surface area (Å²) in [6, 6.07) is 5.23. The SMILES string of the molecule is Cc1cc(C(=O)NNC(=O)c2csc(-c3ccc(Cl)s3)n2)c(C)o1. The molecule has 0 aromatic carbocycles. The lowest BCUT2D eigenvalue weighted by molar-refractivity contribution is 0.0843. The molecule has 3 rings (SSSR count). The number of nitrogens with zero attached hydrogens (tertiary/aromatic N) is 1. The Hall–Kier alpha value is -2.16. The van der Waals surface area contributed by atoms with E-state index in [1.165, 1.54) is 22.7 Å². The molecule has 0 aliphatic rings. The van der Waals surface area contributed by atoms with Crippen LogP contribution in [0.1, 0.15) is 32.4 Å². The van der Waals surface area contributed by atoms with Crippen LogP contribution in [-0.2, 0) is 0 Å². The van der Waals surface area contributed by atoms with Crippen molar-refractivity contribution in [2.75, 3.05) is 0 Å². The second-order valence-corrected chi connectivity index (χ2v) is 7.45. The standard InChI is InChI=1S/C15H12ClN3O3S2/c1-7-5-9(8(2)22-7)13(20)18-19-14(21)10-6-23-15(17-10)11-3-4-12(16)24-11/h3-6H,1-2H3,(H,18,20)(H,19,21). The van der Waals surface area contributed by atoms with Crippen LogP contribution < -0.4 is 10.9 Å². The Bertz CT molecular complexity index is 913. The second kappa shape index (κ2) is 6.76. The summed E-state index contributed by atoms with van der Waals surface area (Å²) in [6.07, 6.45) is 0. The lowest BCUT2D eigenvalue weighted by Crippen LogP contribution is -2.41. The molecule has 0 saturated heterocycles. The molecule has 9 heteroatoms. The maximum absolute atomic E-state index is 12.1. The minimum atomic E-state index is -0.494. The summed E-state index contributed by atoms with van der Waals surface area (Å²) in [5.74, 6) is 0.178. The lowest BCUT2D eigenvalue weighted by atomic mass is 10.2. The topological polar surface area (TPSA) is 84.2 Å². The zero-order chi connectivity index (χ0) is 17.3. The van der Waals surface area contributed by atoms with Gasteiger partial charge in [0, 0.05) is 5.38 Å². The van der Waals surface area contributed by atoms with Crippen molar-refractivity contribution in [3.63, 3.8) is 0 Å². The van der Waals surface area contributed by atoms with Gasteiger partial charge >= 0.3 is 0 Å². The molecule has 0 aliphatic heterocycles. The summed E-state index contributed by atoms with van der Waals surface area (Å²) in [7, 11) is 0. The van der Waals surface area contributed by atoms with E-state index in [-0.39, 0.29) is 5.69 Å². The fourth-order valence-electron chi connectivity index (χ4n) is 2.02. The maximum Gasteiger partial charge on any atom is 0.289 e. The van der Waals surface area contributed by atoms with E-state index in [9.17, 15) is 9.59 Å². The van der Waals surface area contributed by atoms with Gasteiger partial charge in [0.25, 0.3) is 11.8 Å². The smallest absolute Gasteiger partial charge is 0.289 e. The van der Waals surface area contributed by atoms with Gasteiger partial charge in [0.15, 0.2) is 0 Å². The first kappa shape index (κ1) is 16.7. The Balaban J connectivity index is 1.64. The van der Waals surface area contributed by atoms with Crippen molar-refractivity contribution in [1.82, 2.24) is 15.8 Å². The highest BCUT2D eigenvalue weighted by atomic mass is 35.5. The molecule has 2 amide bonds. The third-order valence-corrected chi connectivity index (χ3v) is 5.34. The minimum absolute atomic E-state index is 0.222. The van der Waals surface area contributed by atoms with Crippen LogP contribution in [0.3, 0.4) is 0 Å². The Labute approximate surface area is 150 Å². The number of hydrogen-bond acceptors (Lipinski definition) is 6. The van der Waals surface area contributed by atoms with Crippen molar-refractivity contribution >= 4 is 46.1 Å². The monoisotopic (exact) mass is 381 g/mol. The summed E-state index contributed by atoms with van der Waals surface area (Å²) in [6.45, 7) is 3.43. The molecule has 0 saturated carbocycles. The number of thiophene rings is 1. The molecule has 24 heavy (non-hydrogen) atoms.